The van der Waals surface area contributed by atoms with Gasteiger partial charge in [-0.15, -0.1) is 0 Å². The van der Waals surface area contributed by atoms with Crippen LogP contribution in [0.25, 0.3) is 0 Å². The molecule has 8 nitrogen and oxygen atoms in total. The van der Waals surface area contributed by atoms with Crippen molar-refractivity contribution in [1.82, 2.24) is 9.88 Å². The van der Waals surface area contributed by atoms with Crippen molar-refractivity contribution in [2.24, 2.45) is 0 Å². The Balaban J connectivity index is 1.94. The van der Waals surface area contributed by atoms with Gasteiger partial charge in [0.2, 0.25) is 0 Å². The summed E-state index contributed by atoms with van der Waals surface area (Å²) in [5, 5.41) is 22.3. The Bertz CT molecular complexity index is 461. The first-order valence-corrected chi connectivity index (χ1v) is 5.41. The summed E-state index contributed by atoms with van der Waals surface area (Å²) in [5.74, 6) is 0.512. The molecule has 1 aromatic heterocycles. The highest BCUT2D eigenvalue weighted by atomic mass is 16.6. The molecule has 1 aliphatic rings. The largest absolute Gasteiger partial charge is 0.465 e. The molecule has 1 aliphatic heterocycles. The van der Waals surface area contributed by atoms with Gasteiger partial charge in [-0.05, 0) is 12.5 Å². The third-order valence-electron chi connectivity index (χ3n) is 2.77. The molecule has 1 fully saturated rings. The SMILES string of the molecule is O=C(O)N1CC[C@@H](Nc2ccc([N+](=O)[O-])cn2)C1. The molecule has 2 rings (SSSR count). The maximum Gasteiger partial charge on any atom is 0.407 e. The fraction of sp³-hybridized carbons (Fsp3) is 0.400. The summed E-state index contributed by atoms with van der Waals surface area (Å²) in [6, 6.07) is 2.87. The number of nitrogens with zero attached hydrogens (tertiary/aromatic N) is 3. The van der Waals surface area contributed by atoms with Gasteiger partial charge in [0.05, 0.1) is 4.92 Å². The average Bonchev–Trinajstić information content (AvgIpc) is 2.78. The Hall–Kier alpha value is -2.38. The number of carbonyl (C=O) groups is 1. The molecule has 0 radical (unpaired) electrons. The van der Waals surface area contributed by atoms with E-state index in [1.165, 1.54) is 23.2 Å². The number of rotatable bonds is 3. The molecule has 1 saturated heterocycles. The van der Waals surface area contributed by atoms with Crippen LogP contribution in [0.1, 0.15) is 6.42 Å². The molecule has 1 atom stereocenters. The van der Waals surface area contributed by atoms with Crippen LogP contribution in [-0.4, -0.2) is 45.1 Å². The minimum absolute atomic E-state index is 0.00458. The number of nitrogens with one attached hydrogen (secondary N) is 1. The van der Waals surface area contributed by atoms with Crippen LogP contribution in [0.3, 0.4) is 0 Å². The fourth-order valence-electron chi connectivity index (χ4n) is 1.84. The van der Waals surface area contributed by atoms with E-state index < -0.39 is 11.0 Å². The summed E-state index contributed by atoms with van der Waals surface area (Å²) < 4.78 is 0. The van der Waals surface area contributed by atoms with Gasteiger partial charge < -0.3 is 15.3 Å². The van der Waals surface area contributed by atoms with Gasteiger partial charge in [-0.3, -0.25) is 10.1 Å². The third kappa shape index (κ3) is 2.65. The minimum atomic E-state index is -0.934. The number of anilines is 1. The summed E-state index contributed by atoms with van der Waals surface area (Å²) in [7, 11) is 0. The van der Waals surface area contributed by atoms with Gasteiger partial charge in [0.15, 0.2) is 0 Å². The first-order valence-electron chi connectivity index (χ1n) is 5.41. The molecule has 2 N–H and O–H groups in total. The van der Waals surface area contributed by atoms with Crippen molar-refractivity contribution in [2.75, 3.05) is 18.4 Å². The van der Waals surface area contributed by atoms with Crippen molar-refractivity contribution in [3.8, 4) is 0 Å². The standard InChI is InChI=1S/C10H12N4O4/c15-10(16)13-4-3-7(6-13)12-9-2-1-8(5-11-9)14(17)18/h1-2,5,7H,3-4,6H2,(H,11,12)(H,15,16)/t7-/m1/s1. The fourth-order valence-corrected chi connectivity index (χ4v) is 1.84. The van der Waals surface area contributed by atoms with Crippen molar-refractivity contribution >= 4 is 17.6 Å². The molecule has 0 saturated carbocycles. The monoisotopic (exact) mass is 252 g/mol. The van der Waals surface area contributed by atoms with Gasteiger partial charge in [0.1, 0.15) is 12.0 Å². The van der Waals surface area contributed by atoms with E-state index in [2.05, 4.69) is 10.3 Å². The Labute approximate surface area is 102 Å². The lowest BCUT2D eigenvalue weighted by Crippen LogP contribution is -2.30. The second-order valence-corrected chi connectivity index (χ2v) is 4.02. The Morgan fingerprint density at radius 1 is 1.61 bits per heavy atom. The van der Waals surface area contributed by atoms with Crippen LogP contribution >= 0.6 is 0 Å². The summed E-state index contributed by atoms with van der Waals surface area (Å²) in [6.45, 7) is 0.883. The molecule has 0 spiro atoms. The van der Waals surface area contributed by atoms with E-state index in [-0.39, 0.29) is 11.7 Å². The van der Waals surface area contributed by atoms with Gasteiger partial charge in [0, 0.05) is 25.2 Å². The number of aromatic nitrogens is 1. The minimum Gasteiger partial charge on any atom is -0.465 e. The van der Waals surface area contributed by atoms with Gasteiger partial charge in [-0.1, -0.05) is 0 Å². The molecule has 18 heavy (non-hydrogen) atoms. The van der Waals surface area contributed by atoms with Crippen LogP contribution in [0.4, 0.5) is 16.3 Å². The molecule has 96 valence electrons. The number of carboxylic acid groups (broad SMARTS) is 1. The van der Waals surface area contributed by atoms with Crippen LogP contribution < -0.4 is 5.32 Å². The van der Waals surface area contributed by atoms with Crippen molar-refractivity contribution in [2.45, 2.75) is 12.5 Å². The number of pyridine rings is 1. The summed E-state index contributed by atoms with van der Waals surface area (Å²) >= 11 is 0. The second kappa shape index (κ2) is 4.86. The first kappa shape index (κ1) is 12.1. The molecular formula is C10H12N4O4. The molecule has 0 unspecified atom stereocenters. The maximum absolute atomic E-state index is 10.7. The zero-order chi connectivity index (χ0) is 13.1. The predicted molar refractivity (Wildman–Crippen MR) is 62.5 cm³/mol. The normalized spacial score (nSPS) is 18.7. The quantitative estimate of drug-likeness (QED) is 0.617. The van der Waals surface area contributed by atoms with Crippen LogP contribution in [0, 0.1) is 10.1 Å². The first-order chi connectivity index (χ1) is 8.56. The number of hydrogen-bond acceptors (Lipinski definition) is 5. The summed E-state index contributed by atoms with van der Waals surface area (Å²) in [5.41, 5.74) is -0.0702. The Morgan fingerprint density at radius 2 is 2.39 bits per heavy atom. The zero-order valence-corrected chi connectivity index (χ0v) is 9.44. The van der Waals surface area contributed by atoms with Gasteiger partial charge in [0.25, 0.3) is 5.69 Å². The van der Waals surface area contributed by atoms with Crippen molar-refractivity contribution in [1.29, 1.82) is 0 Å². The molecule has 0 aromatic carbocycles. The summed E-state index contributed by atoms with van der Waals surface area (Å²) in [6.07, 6.45) is 0.938. The van der Waals surface area contributed by atoms with E-state index in [0.717, 1.165) is 0 Å². The van der Waals surface area contributed by atoms with Gasteiger partial charge in [-0.25, -0.2) is 9.78 Å². The average molecular weight is 252 g/mol. The molecule has 8 heteroatoms. The van der Waals surface area contributed by atoms with E-state index in [1.807, 2.05) is 0 Å². The van der Waals surface area contributed by atoms with Crippen LogP contribution in [0.15, 0.2) is 18.3 Å². The highest BCUT2D eigenvalue weighted by Gasteiger charge is 2.25. The highest BCUT2D eigenvalue weighted by Crippen LogP contribution is 2.16. The number of nitro groups is 1. The number of hydrogen-bond donors (Lipinski definition) is 2. The molecule has 0 bridgehead atoms. The van der Waals surface area contributed by atoms with Crippen LogP contribution in [-0.2, 0) is 0 Å². The topological polar surface area (TPSA) is 109 Å². The number of likely N-dealkylation sites (tertiary alicyclic amines) is 1. The van der Waals surface area contributed by atoms with E-state index in [1.54, 1.807) is 0 Å². The second-order valence-electron chi connectivity index (χ2n) is 4.02. The zero-order valence-electron chi connectivity index (χ0n) is 9.44. The summed E-state index contributed by atoms with van der Waals surface area (Å²) in [4.78, 5) is 25.9. The lowest BCUT2D eigenvalue weighted by Gasteiger charge is -2.14. The van der Waals surface area contributed by atoms with E-state index in [9.17, 15) is 14.9 Å². The predicted octanol–water partition coefficient (Wildman–Crippen LogP) is 1.15. The van der Waals surface area contributed by atoms with Crippen LogP contribution in [0.2, 0.25) is 0 Å². The highest BCUT2D eigenvalue weighted by molar-refractivity contribution is 5.65. The van der Waals surface area contributed by atoms with Gasteiger partial charge >= 0.3 is 6.09 Å². The van der Waals surface area contributed by atoms with Crippen LogP contribution in [0.5, 0.6) is 0 Å². The molecule has 1 amide bonds. The molecule has 0 aliphatic carbocycles. The lowest BCUT2D eigenvalue weighted by molar-refractivity contribution is -0.385. The smallest absolute Gasteiger partial charge is 0.407 e. The lowest BCUT2D eigenvalue weighted by atomic mass is 10.2. The molecular weight excluding hydrogens is 240 g/mol. The molecule has 2 heterocycles. The van der Waals surface area contributed by atoms with Crippen molar-refractivity contribution < 1.29 is 14.8 Å². The van der Waals surface area contributed by atoms with E-state index in [0.29, 0.717) is 25.3 Å². The van der Waals surface area contributed by atoms with E-state index >= 15 is 0 Å². The van der Waals surface area contributed by atoms with E-state index in [4.69, 9.17) is 5.11 Å². The van der Waals surface area contributed by atoms with Gasteiger partial charge in [-0.2, -0.15) is 0 Å². The maximum atomic E-state index is 10.7. The van der Waals surface area contributed by atoms with Crippen molar-refractivity contribution in [3.05, 3.63) is 28.4 Å². The van der Waals surface area contributed by atoms with Crippen molar-refractivity contribution in [3.63, 3.8) is 0 Å². The Morgan fingerprint density at radius 3 is 2.89 bits per heavy atom. The third-order valence-corrected chi connectivity index (χ3v) is 2.77. The number of amides is 1. The molecule has 1 aromatic rings. The Kier molecular flexibility index (Phi) is 3.26.